The summed E-state index contributed by atoms with van der Waals surface area (Å²) in [7, 11) is 0. The van der Waals surface area contributed by atoms with Gasteiger partial charge in [0.15, 0.2) is 0 Å². The Kier molecular flexibility index (Phi) is 4.52. The van der Waals surface area contributed by atoms with Crippen molar-refractivity contribution in [2.24, 2.45) is 0 Å². The topological polar surface area (TPSA) is 37.3 Å². The molecule has 86 valence electrons. The number of hydrogen-bond donors (Lipinski definition) is 1. The average Bonchev–Trinajstić information content (AvgIpc) is 2.20. The quantitative estimate of drug-likeness (QED) is 0.559. The van der Waals surface area contributed by atoms with Crippen LogP contribution in [0, 0.1) is 0 Å². The molecule has 0 saturated carbocycles. The van der Waals surface area contributed by atoms with Crippen molar-refractivity contribution < 1.29 is 9.90 Å². The Balaban J connectivity index is 2.74. The zero-order chi connectivity index (χ0) is 11.3. The zero-order valence-corrected chi connectivity index (χ0v) is 9.88. The van der Waals surface area contributed by atoms with Crippen LogP contribution in [0.15, 0.2) is 11.1 Å². The zero-order valence-electron chi connectivity index (χ0n) is 9.88. The first kappa shape index (κ1) is 12.4. The van der Waals surface area contributed by atoms with Gasteiger partial charge in [-0.15, -0.1) is 0 Å². The minimum atomic E-state index is -0.734. The van der Waals surface area contributed by atoms with Crippen molar-refractivity contribution in [2.75, 3.05) is 0 Å². The van der Waals surface area contributed by atoms with E-state index < -0.39 is 5.60 Å². The summed E-state index contributed by atoms with van der Waals surface area (Å²) in [5.74, 6) is 0. The molecule has 0 bridgehead atoms. The number of unbranched alkanes of at least 4 members (excludes halogenated alkanes) is 2. The van der Waals surface area contributed by atoms with Crippen LogP contribution in [-0.4, -0.2) is 17.0 Å². The van der Waals surface area contributed by atoms with Crippen molar-refractivity contribution in [3.05, 3.63) is 11.1 Å². The van der Waals surface area contributed by atoms with Crippen LogP contribution < -0.4 is 0 Å². The number of carbonyl (C=O) groups excluding carboxylic acids is 1. The molecule has 0 heterocycles. The van der Waals surface area contributed by atoms with E-state index in [9.17, 15) is 9.90 Å². The minimum Gasteiger partial charge on any atom is -0.386 e. The standard InChI is InChI=1S/C13H22O2/c1-3-4-5-8-12-11(10-14)7-6-9-13(12,2)15/h10,15H,3-9H2,1-2H3. The second-order valence-electron chi connectivity index (χ2n) is 4.71. The number of aldehydes is 1. The van der Waals surface area contributed by atoms with Crippen LogP contribution in [0.25, 0.3) is 0 Å². The summed E-state index contributed by atoms with van der Waals surface area (Å²) in [6.07, 6.45) is 7.83. The van der Waals surface area contributed by atoms with Gasteiger partial charge in [-0.25, -0.2) is 0 Å². The fraction of sp³-hybridized carbons (Fsp3) is 0.769. The normalized spacial score (nSPS) is 26.9. The highest BCUT2D eigenvalue weighted by Crippen LogP contribution is 2.35. The molecule has 1 N–H and O–H groups in total. The molecule has 0 radical (unpaired) electrons. The Morgan fingerprint density at radius 2 is 2.20 bits per heavy atom. The third-order valence-electron chi connectivity index (χ3n) is 3.32. The second kappa shape index (κ2) is 5.45. The third-order valence-corrected chi connectivity index (χ3v) is 3.32. The van der Waals surface area contributed by atoms with Crippen molar-refractivity contribution in [3.8, 4) is 0 Å². The molecule has 1 aliphatic rings. The molecule has 0 saturated heterocycles. The summed E-state index contributed by atoms with van der Waals surface area (Å²) in [6, 6.07) is 0. The summed E-state index contributed by atoms with van der Waals surface area (Å²) in [6.45, 7) is 4.00. The van der Waals surface area contributed by atoms with Crippen molar-refractivity contribution in [1.82, 2.24) is 0 Å². The molecule has 0 amide bonds. The van der Waals surface area contributed by atoms with Crippen molar-refractivity contribution in [1.29, 1.82) is 0 Å². The molecule has 0 aromatic carbocycles. The van der Waals surface area contributed by atoms with Gasteiger partial charge in [0.25, 0.3) is 0 Å². The van der Waals surface area contributed by atoms with Crippen LogP contribution in [0.5, 0.6) is 0 Å². The van der Waals surface area contributed by atoms with Gasteiger partial charge in [-0.1, -0.05) is 19.8 Å². The van der Waals surface area contributed by atoms with Crippen molar-refractivity contribution in [2.45, 2.75) is 64.4 Å². The SMILES string of the molecule is CCCCCC1=C(C=O)CCCC1(C)O. The maximum atomic E-state index is 10.9. The van der Waals surface area contributed by atoms with E-state index >= 15 is 0 Å². The lowest BCUT2D eigenvalue weighted by atomic mass is 9.78. The summed E-state index contributed by atoms with van der Waals surface area (Å²) in [5, 5.41) is 10.2. The van der Waals surface area contributed by atoms with Gasteiger partial charge >= 0.3 is 0 Å². The minimum absolute atomic E-state index is 0.734. The van der Waals surface area contributed by atoms with E-state index in [1.165, 1.54) is 12.8 Å². The van der Waals surface area contributed by atoms with Crippen LogP contribution in [0.1, 0.15) is 58.8 Å². The Morgan fingerprint density at radius 1 is 1.47 bits per heavy atom. The average molecular weight is 210 g/mol. The van der Waals surface area contributed by atoms with Gasteiger partial charge in [0.1, 0.15) is 6.29 Å². The smallest absolute Gasteiger partial charge is 0.146 e. The summed E-state index contributed by atoms with van der Waals surface area (Å²) >= 11 is 0. The van der Waals surface area contributed by atoms with Gasteiger partial charge in [-0.3, -0.25) is 4.79 Å². The highest BCUT2D eigenvalue weighted by atomic mass is 16.3. The molecule has 1 unspecified atom stereocenters. The van der Waals surface area contributed by atoms with Gasteiger partial charge in [0.2, 0.25) is 0 Å². The van der Waals surface area contributed by atoms with Crippen LogP contribution in [0.3, 0.4) is 0 Å². The number of rotatable bonds is 5. The lowest BCUT2D eigenvalue weighted by Gasteiger charge is -2.32. The Morgan fingerprint density at radius 3 is 2.80 bits per heavy atom. The van der Waals surface area contributed by atoms with E-state index in [0.29, 0.717) is 0 Å². The number of hydrogen-bond acceptors (Lipinski definition) is 2. The largest absolute Gasteiger partial charge is 0.386 e. The summed E-state index contributed by atoms with van der Waals surface area (Å²) in [5.41, 5.74) is 1.11. The molecular weight excluding hydrogens is 188 g/mol. The van der Waals surface area contributed by atoms with Gasteiger partial charge < -0.3 is 5.11 Å². The second-order valence-corrected chi connectivity index (χ2v) is 4.71. The van der Waals surface area contributed by atoms with Crippen LogP contribution in [0.4, 0.5) is 0 Å². The van der Waals surface area contributed by atoms with Crippen LogP contribution in [-0.2, 0) is 4.79 Å². The van der Waals surface area contributed by atoms with E-state index in [2.05, 4.69) is 6.92 Å². The van der Waals surface area contributed by atoms with E-state index in [-0.39, 0.29) is 0 Å². The lowest BCUT2D eigenvalue weighted by Crippen LogP contribution is -2.31. The molecule has 0 spiro atoms. The molecule has 0 aliphatic heterocycles. The Labute approximate surface area is 92.4 Å². The summed E-state index contributed by atoms with van der Waals surface area (Å²) < 4.78 is 0. The highest BCUT2D eigenvalue weighted by molar-refractivity contribution is 5.75. The molecular formula is C13H22O2. The third kappa shape index (κ3) is 3.16. The fourth-order valence-corrected chi connectivity index (χ4v) is 2.38. The van der Waals surface area contributed by atoms with Gasteiger partial charge in [-0.05, 0) is 50.2 Å². The molecule has 2 heteroatoms. The number of allylic oxidation sites excluding steroid dienone is 1. The molecule has 0 aromatic rings. The predicted octanol–water partition coefficient (Wildman–Crippen LogP) is 3.00. The molecule has 2 nitrogen and oxygen atoms in total. The number of carbonyl (C=O) groups is 1. The first-order valence-corrected chi connectivity index (χ1v) is 6.02. The highest BCUT2D eigenvalue weighted by Gasteiger charge is 2.30. The molecule has 1 rings (SSSR count). The molecule has 15 heavy (non-hydrogen) atoms. The first-order chi connectivity index (χ1) is 7.11. The van der Waals surface area contributed by atoms with Crippen LogP contribution >= 0.6 is 0 Å². The Hall–Kier alpha value is -0.630. The maximum Gasteiger partial charge on any atom is 0.146 e. The van der Waals surface area contributed by atoms with Crippen LogP contribution in [0.2, 0.25) is 0 Å². The number of aliphatic hydroxyl groups is 1. The maximum absolute atomic E-state index is 10.9. The fourth-order valence-electron chi connectivity index (χ4n) is 2.38. The molecule has 0 fully saturated rings. The van der Waals surface area contributed by atoms with Gasteiger partial charge in [0, 0.05) is 0 Å². The van der Waals surface area contributed by atoms with E-state index in [4.69, 9.17) is 0 Å². The van der Waals surface area contributed by atoms with Gasteiger partial charge in [-0.2, -0.15) is 0 Å². The molecule has 1 atom stereocenters. The lowest BCUT2D eigenvalue weighted by molar-refractivity contribution is -0.105. The summed E-state index contributed by atoms with van der Waals surface area (Å²) in [4.78, 5) is 10.9. The van der Waals surface area contributed by atoms with E-state index in [0.717, 1.165) is 49.5 Å². The Bertz CT molecular complexity index is 251. The molecule has 1 aliphatic carbocycles. The van der Waals surface area contributed by atoms with Crippen molar-refractivity contribution >= 4 is 6.29 Å². The molecule has 0 aromatic heterocycles. The van der Waals surface area contributed by atoms with E-state index in [1.54, 1.807) is 0 Å². The van der Waals surface area contributed by atoms with E-state index in [1.807, 2.05) is 6.92 Å². The predicted molar refractivity (Wildman–Crippen MR) is 61.7 cm³/mol. The monoisotopic (exact) mass is 210 g/mol. The van der Waals surface area contributed by atoms with Crippen molar-refractivity contribution in [3.63, 3.8) is 0 Å². The van der Waals surface area contributed by atoms with Gasteiger partial charge in [0.05, 0.1) is 5.60 Å². The first-order valence-electron chi connectivity index (χ1n) is 6.02.